The van der Waals surface area contributed by atoms with Crippen molar-refractivity contribution in [1.29, 1.82) is 0 Å². The average molecular weight is 316 g/mol. The number of carboxylic acid groups (broad SMARTS) is 1. The molecule has 2 fully saturated rings. The monoisotopic (exact) mass is 316 g/mol. The van der Waals surface area contributed by atoms with Crippen LogP contribution in [0.15, 0.2) is 30.3 Å². The van der Waals surface area contributed by atoms with Crippen LogP contribution in [0.3, 0.4) is 0 Å². The minimum Gasteiger partial charge on any atom is -0.465 e. The van der Waals surface area contributed by atoms with Crippen molar-refractivity contribution in [3.05, 3.63) is 35.9 Å². The zero-order chi connectivity index (χ0) is 16.2. The summed E-state index contributed by atoms with van der Waals surface area (Å²) in [4.78, 5) is 27.0. The van der Waals surface area contributed by atoms with Gasteiger partial charge in [-0.15, -0.1) is 0 Å². The number of benzene rings is 1. The fourth-order valence-electron chi connectivity index (χ4n) is 3.77. The minimum atomic E-state index is -0.972. The summed E-state index contributed by atoms with van der Waals surface area (Å²) >= 11 is 0. The van der Waals surface area contributed by atoms with Crippen molar-refractivity contribution in [3.63, 3.8) is 0 Å². The number of amides is 2. The molecule has 0 aliphatic carbocycles. The third-order valence-electron chi connectivity index (χ3n) is 5.08. The second kappa shape index (κ2) is 7.02. The van der Waals surface area contributed by atoms with E-state index in [4.69, 9.17) is 0 Å². The van der Waals surface area contributed by atoms with Gasteiger partial charge in [0.25, 0.3) is 0 Å². The van der Waals surface area contributed by atoms with Gasteiger partial charge >= 0.3 is 6.09 Å². The molecule has 23 heavy (non-hydrogen) atoms. The van der Waals surface area contributed by atoms with E-state index in [1.165, 1.54) is 10.5 Å². The van der Waals surface area contributed by atoms with E-state index < -0.39 is 12.1 Å². The highest BCUT2D eigenvalue weighted by Crippen LogP contribution is 2.25. The van der Waals surface area contributed by atoms with Crippen molar-refractivity contribution in [1.82, 2.24) is 9.80 Å². The number of rotatable bonds is 3. The van der Waals surface area contributed by atoms with E-state index in [2.05, 4.69) is 24.3 Å². The number of hydrogen-bond acceptors (Lipinski definition) is 2. The Hall–Kier alpha value is -2.04. The van der Waals surface area contributed by atoms with Crippen LogP contribution in [-0.4, -0.2) is 52.6 Å². The highest BCUT2D eigenvalue weighted by molar-refractivity contribution is 5.86. The fraction of sp³-hybridized carbons (Fsp3) is 0.556. The first kappa shape index (κ1) is 15.8. The van der Waals surface area contributed by atoms with Crippen molar-refractivity contribution in [2.24, 2.45) is 5.92 Å². The van der Waals surface area contributed by atoms with Gasteiger partial charge in [0.15, 0.2) is 0 Å². The van der Waals surface area contributed by atoms with Crippen LogP contribution in [-0.2, 0) is 11.2 Å². The molecule has 5 nitrogen and oxygen atoms in total. The van der Waals surface area contributed by atoms with Crippen LogP contribution in [0.2, 0.25) is 0 Å². The Morgan fingerprint density at radius 2 is 1.74 bits per heavy atom. The predicted molar refractivity (Wildman–Crippen MR) is 87.2 cm³/mol. The molecule has 1 aromatic rings. The van der Waals surface area contributed by atoms with E-state index >= 15 is 0 Å². The smallest absolute Gasteiger partial charge is 0.407 e. The molecule has 0 aromatic heterocycles. The lowest BCUT2D eigenvalue weighted by Gasteiger charge is -2.35. The molecule has 1 aromatic carbocycles. The lowest BCUT2D eigenvalue weighted by molar-refractivity contribution is -0.136. The molecule has 2 saturated heterocycles. The topological polar surface area (TPSA) is 60.9 Å². The number of piperidine rings is 1. The van der Waals surface area contributed by atoms with E-state index in [0.717, 1.165) is 38.8 Å². The first-order chi connectivity index (χ1) is 11.1. The van der Waals surface area contributed by atoms with Crippen LogP contribution in [0.5, 0.6) is 0 Å². The normalized spacial score (nSPS) is 22.3. The Balaban J connectivity index is 1.52. The van der Waals surface area contributed by atoms with Crippen LogP contribution in [0.25, 0.3) is 0 Å². The summed E-state index contributed by atoms with van der Waals surface area (Å²) in [5.41, 5.74) is 1.35. The molecule has 124 valence electrons. The van der Waals surface area contributed by atoms with Gasteiger partial charge in [0.1, 0.15) is 6.04 Å². The zero-order valence-corrected chi connectivity index (χ0v) is 13.4. The lowest BCUT2D eigenvalue weighted by Crippen LogP contribution is -2.49. The van der Waals surface area contributed by atoms with Gasteiger partial charge in [-0.25, -0.2) is 4.79 Å². The van der Waals surface area contributed by atoms with E-state index in [1.807, 2.05) is 11.0 Å². The Bertz CT molecular complexity index is 553. The van der Waals surface area contributed by atoms with Crippen molar-refractivity contribution in [2.45, 2.75) is 38.1 Å². The predicted octanol–water partition coefficient (Wildman–Crippen LogP) is 2.61. The molecule has 0 unspecified atom stereocenters. The number of carbonyl (C=O) groups is 2. The van der Waals surface area contributed by atoms with Crippen molar-refractivity contribution >= 4 is 12.0 Å². The van der Waals surface area contributed by atoms with E-state index in [9.17, 15) is 14.7 Å². The summed E-state index contributed by atoms with van der Waals surface area (Å²) in [5.74, 6) is 0.615. The molecular weight excluding hydrogens is 292 g/mol. The SMILES string of the molecule is O=C([C@@H]1CCCN1C(=O)O)N1CCC(Cc2ccccc2)CC1. The minimum absolute atomic E-state index is 0.00283. The summed E-state index contributed by atoms with van der Waals surface area (Å²) in [6.07, 6.45) is 3.54. The number of likely N-dealkylation sites (tertiary alicyclic amines) is 2. The Labute approximate surface area is 136 Å². The summed E-state index contributed by atoms with van der Waals surface area (Å²) < 4.78 is 0. The van der Waals surface area contributed by atoms with Crippen molar-refractivity contribution in [3.8, 4) is 0 Å². The summed E-state index contributed by atoms with van der Waals surface area (Å²) in [6, 6.07) is 10.0. The Kier molecular flexibility index (Phi) is 4.84. The molecule has 3 rings (SSSR count). The van der Waals surface area contributed by atoms with Crippen LogP contribution in [0.1, 0.15) is 31.2 Å². The Morgan fingerprint density at radius 3 is 2.39 bits per heavy atom. The van der Waals surface area contributed by atoms with E-state index in [0.29, 0.717) is 18.9 Å². The van der Waals surface area contributed by atoms with Gasteiger partial charge in [0, 0.05) is 19.6 Å². The maximum Gasteiger partial charge on any atom is 0.407 e. The summed E-state index contributed by atoms with van der Waals surface area (Å²) in [7, 11) is 0. The van der Waals surface area contributed by atoms with Crippen LogP contribution < -0.4 is 0 Å². The largest absolute Gasteiger partial charge is 0.465 e. The number of hydrogen-bond donors (Lipinski definition) is 1. The second-order valence-electron chi connectivity index (χ2n) is 6.59. The summed E-state index contributed by atoms with van der Waals surface area (Å²) in [6.45, 7) is 1.98. The molecule has 2 amide bonds. The maximum absolute atomic E-state index is 12.6. The van der Waals surface area contributed by atoms with Crippen molar-refractivity contribution in [2.75, 3.05) is 19.6 Å². The standard InChI is InChI=1S/C18H24N2O3/c21-17(16-7-4-10-20(16)18(22)23)19-11-8-15(9-12-19)13-14-5-2-1-3-6-14/h1-3,5-6,15-16H,4,7-13H2,(H,22,23)/t16-/m0/s1. The third-order valence-corrected chi connectivity index (χ3v) is 5.08. The molecule has 0 radical (unpaired) electrons. The van der Waals surface area contributed by atoms with Gasteiger partial charge in [0.05, 0.1) is 0 Å². The molecule has 5 heteroatoms. The quantitative estimate of drug-likeness (QED) is 0.932. The first-order valence-electron chi connectivity index (χ1n) is 8.47. The van der Waals surface area contributed by atoms with Gasteiger partial charge in [-0.2, -0.15) is 0 Å². The molecule has 2 heterocycles. The Morgan fingerprint density at radius 1 is 1.04 bits per heavy atom. The van der Waals surface area contributed by atoms with Crippen LogP contribution >= 0.6 is 0 Å². The highest BCUT2D eigenvalue weighted by Gasteiger charge is 2.37. The lowest BCUT2D eigenvalue weighted by atomic mass is 9.90. The molecular formula is C18H24N2O3. The highest BCUT2D eigenvalue weighted by atomic mass is 16.4. The molecule has 1 N–H and O–H groups in total. The number of nitrogens with zero attached hydrogens (tertiary/aromatic N) is 2. The number of carbonyl (C=O) groups excluding carboxylic acids is 1. The zero-order valence-electron chi connectivity index (χ0n) is 13.4. The first-order valence-corrected chi connectivity index (χ1v) is 8.47. The second-order valence-corrected chi connectivity index (χ2v) is 6.59. The van der Waals surface area contributed by atoms with E-state index in [1.54, 1.807) is 0 Å². The third kappa shape index (κ3) is 3.66. The molecule has 0 saturated carbocycles. The van der Waals surface area contributed by atoms with Crippen LogP contribution in [0, 0.1) is 5.92 Å². The van der Waals surface area contributed by atoms with Gasteiger partial charge in [-0.1, -0.05) is 30.3 Å². The van der Waals surface area contributed by atoms with Gasteiger partial charge in [0.2, 0.25) is 5.91 Å². The van der Waals surface area contributed by atoms with E-state index in [-0.39, 0.29) is 5.91 Å². The molecule has 1 atom stereocenters. The van der Waals surface area contributed by atoms with Crippen molar-refractivity contribution < 1.29 is 14.7 Å². The van der Waals surface area contributed by atoms with Crippen LogP contribution in [0.4, 0.5) is 4.79 Å². The fourth-order valence-corrected chi connectivity index (χ4v) is 3.77. The van der Waals surface area contributed by atoms with Gasteiger partial charge in [-0.05, 0) is 43.6 Å². The van der Waals surface area contributed by atoms with Gasteiger partial charge in [-0.3, -0.25) is 9.69 Å². The summed E-state index contributed by atoms with van der Waals surface area (Å²) in [5, 5.41) is 9.19. The molecule has 0 spiro atoms. The molecule has 2 aliphatic heterocycles. The average Bonchev–Trinajstić information content (AvgIpc) is 3.06. The maximum atomic E-state index is 12.6. The molecule has 0 bridgehead atoms. The van der Waals surface area contributed by atoms with Gasteiger partial charge < -0.3 is 10.0 Å². The molecule has 2 aliphatic rings.